The summed E-state index contributed by atoms with van der Waals surface area (Å²) < 4.78 is 5.52. The summed E-state index contributed by atoms with van der Waals surface area (Å²) in [6.07, 6.45) is 7.84. The van der Waals surface area contributed by atoms with Gasteiger partial charge in [0.2, 0.25) is 5.91 Å². The van der Waals surface area contributed by atoms with Gasteiger partial charge in [0.15, 0.2) is 0 Å². The summed E-state index contributed by atoms with van der Waals surface area (Å²) in [4.78, 5) is 13.1. The molecular weight excluding hydrogens is 264 g/mol. The smallest absolute Gasteiger partial charge is 0.243 e. The van der Waals surface area contributed by atoms with Crippen molar-refractivity contribution in [3.05, 3.63) is 54.1 Å². The fraction of sp³-hybridized carbons (Fsp3) is 0.353. The number of carbonyl (C=O) groups is 1. The van der Waals surface area contributed by atoms with E-state index in [9.17, 15) is 4.79 Å². The van der Waals surface area contributed by atoms with Crippen LogP contribution in [0.15, 0.2) is 48.6 Å². The molecule has 4 heteroatoms. The van der Waals surface area contributed by atoms with E-state index in [2.05, 4.69) is 34.5 Å². The van der Waals surface area contributed by atoms with Crippen LogP contribution >= 0.6 is 0 Å². The van der Waals surface area contributed by atoms with Gasteiger partial charge in [-0.1, -0.05) is 30.4 Å². The summed E-state index contributed by atoms with van der Waals surface area (Å²) in [6, 6.07) is 8.32. The number of hydrogen-bond acceptors (Lipinski definition) is 3. The Morgan fingerprint density at radius 1 is 1.29 bits per heavy atom. The quantitative estimate of drug-likeness (QED) is 0.619. The van der Waals surface area contributed by atoms with Gasteiger partial charge < -0.3 is 15.0 Å². The minimum Gasteiger partial charge on any atom is -0.378 e. The molecule has 1 aromatic carbocycles. The van der Waals surface area contributed by atoms with Crippen LogP contribution in [0.2, 0.25) is 0 Å². The Labute approximate surface area is 127 Å². The first-order valence-corrected chi connectivity index (χ1v) is 6.93. The van der Waals surface area contributed by atoms with E-state index >= 15 is 0 Å². The van der Waals surface area contributed by atoms with Gasteiger partial charge in [-0.2, -0.15) is 0 Å². The average molecular weight is 288 g/mol. The topological polar surface area (TPSA) is 41.6 Å². The van der Waals surface area contributed by atoms with Gasteiger partial charge in [0.1, 0.15) is 0 Å². The number of hydrogen-bond donors (Lipinski definition) is 1. The molecule has 1 amide bonds. The normalized spacial score (nSPS) is 12.8. The number of methoxy groups -OCH3 is 1. The second-order valence-corrected chi connectivity index (χ2v) is 4.85. The molecule has 0 aliphatic rings. The number of allylic oxidation sites excluding steroid dienone is 2. The van der Waals surface area contributed by atoms with E-state index in [0.29, 0.717) is 0 Å². The number of ether oxygens (including phenoxy) is 1. The van der Waals surface area contributed by atoms with E-state index in [1.807, 2.05) is 26.2 Å². The molecule has 0 heterocycles. The van der Waals surface area contributed by atoms with Gasteiger partial charge in [-0.25, -0.2) is 0 Å². The van der Waals surface area contributed by atoms with Crippen molar-refractivity contribution in [2.75, 3.05) is 33.2 Å². The highest BCUT2D eigenvalue weighted by Crippen LogP contribution is 2.23. The zero-order valence-electron chi connectivity index (χ0n) is 13.2. The van der Waals surface area contributed by atoms with E-state index in [-0.39, 0.29) is 12.0 Å². The molecule has 0 fully saturated rings. The SMILES string of the molecule is CNC(=O)/C=C/C=C/CC(OC)c1ccc(N(C)C)cc1. The van der Waals surface area contributed by atoms with Crippen molar-refractivity contribution in [3.63, 3.8) is 0 Å². The fourth-order valence-corrected chi connectivity index (χ4v) is 1.86. The summed E-state index contributed by atoms with van der Waals surface area (Å²) in [6.45, 7) is 0. The van der Waals surface area contributed by atoms with Crippen LogP contribution < -0.4 is 10.2 Å². The predicted octanol–water partition coefficient (Wildman–Crippen LogP) is 2.69. The Bertz CT molecular complexity index is 490. The molecule has 0 radical (unpaired) electrons. The molecular formula is C17H24N2O2. The molecule has 1 unspecified atom stereocenters. The molecule has 1 aromatic rings. The first kappa shape index (κ1) is 17.0. The minimum atomic E-state index is -0.109. The molecule has 1 atom stereocenters. The maximum atomic E-state index is 11.0. The fourth-order valence-electron chi connectivity index (χ4n) is 1.86. The molecule has 0 saturated heterocycles. The van der Waals surface area contributed by atoms with Gasteiger partial charge in [0.05, 0.1) is 6.10 Å². The van der Waals surface area contributed by atoms with Gasteiger partial charge in [-0.15, -0.1) is 0 Å². The van der Waals surface area contributed by atoms with Gasteiger partial charge >= 0.3 is 0 Å². The number of amides is 1. The maximum Gasteiger partial charge on any atom is 0.243 e. The van der Waals surface area contributed by atoms with E-state index in [1.165, 1.54) is 6.08 Å². The van der Waals surface area contributed by atoms with Crippen LogP contribution in [-0.2, 0) is 9.53 Å². The Balaban J connectivity index is 2.60. The standard InChI is InChI=1S/C17H24N2O2/c1-18-17(20)9-7-5-6-8-16(21-4)14-10-12-15(13-11-14)19(2)3/h5-7,9-13,16H,8H2,1-4H3,(H,18,20)/b6-5+,9-7+. The third kappa shape index (κ3) is 5.83. The molecule has 114 valence electrons. The van der Waals surface area contributed by atoms with Crippen molar-refractivity contribution in [3.8, 4) is 0 Å². The number of nitrogens with one attached hydrogen (secondary N) is 1. The first-order valence-electron chi connectivity index (χ1n) is 6.93. The van der Waals surface area contributed by atoms with Gasteiger partial charge in [-0.3, -0.25) is 4.79 Å². The van der Waals surface area contributed by atoms with Crippen molar-refractivity contribution in [1.29, 1.82) is 0 Å². The molecule has 21 heavy (non-hydrogen) atoms. The zero-order chi connectivity index (χ0) is 15.7. The average Bonchev–Trinajstić information content (AvgIpc) is 2.50. The van der Waals surface area contributed by atoms with Crippen molar-refractivity contribution >= 4 is 11.6 Å². The van der Waals surface area contributed by atoms with Crippen LogP contribution in [0, 0.1) is 0 Å². The highest BCUT2D eigenvalue weighted by Gasteiger charge is 2.08. The van der Waals surface area contributed by atoms with Crippen molar-refractivity contribution < 1.29 is 9.53 Å². The summed E-state index contributed by atoms with van der Waals surface area (Å²) in [5, 5.41) is 2.53. The lowest BCUT2D eigenvalue weighted by molar-refractivity contribution is -0.116. The maximum absolute atomic E-state index is 11.0. The van der Waals surface area contributed by atoms with Crippen molar-refractivity contribution in [1.82, 2.24) is 5.32 Å². The predicted molar refractivity (Wildman–Crippen MR) is 87.5 cm³/mol. The third-order valence-corrected chi connectivity index (χ3v) is 3.16. The van der Waals surface area contributed by atoms with Gasteiger partial charge in [-0.05, 0) is 24.1 Å². The largest absolute Gasteiger partial charge is 0.378 e. The number of nitrogens with zero attached hydrogens (tertiary/aromatic N) is 1. The number of benzene rings is 1. The molecule has 1 N–H and O–H groups in total. The second-order valence-electron chi connectivity index (χ2n) is 4.85. The number of carbonyl (C=O) groups excluding carboxylic acids is 1. The second kappa shape index (κ2) is 8.97. The Hall–Kier alpha value is -2.07. The van der Waals surface area contributed by atoms with E-state index in [1.54, 1.807) is 20.2 Å². The van der Waals surface area contributed by atoms with Crippen LogP contribution in [0.3, 0.4) is 0 Å². The van der Waals surface area contributed by atoms with Crippen LogP contribution in [0.5, 0.6) is 0 Å². The molecule has 4 nitrogen and oxygen atoms in total. The van der Waals surface area contributed by atoms with Gasteiger partial charge in [0.25, 0.3) is 0 Å². The lowest BCUT2D eigenvalue weighted by Crippen LogP contribution is -2.13. The molecule has 0 aliphatic carbocycles. The molecule has 0 bridgehead atoms. The number of anilines is 1. The molecule has 1 rings (SSSR count). The van der Waals surface area contributed by atoms with Crippen LogP contribution in [-0.4, -0.2) is 34.2 Å². The lowest BCUT2D eigenvalue weighted by atomic mass is 10.1. The third-order valence-electron chi connectivity index (χ3n) is 3.16. The molecule has 0 spiro atoms. The van der Waals surface area contributed by atoms with Crippen molar-refractivity contribution in [2.24, 2.45) is 0 Å². The van der Waals surface area contributed by atoms with E-state index in [0.717, 1.165) is 17.7 Å². The molecule has 0 saturated carbocycles. The highest BCUT2D eigenvalue weighted by atomic mass is 16.5. The summed E-state index contributed by atoms with van der Waals surface area (Å²) in [5.41, 5.74) is 2.31. The van der Waals surface area contributed by atoms with Crippen LogP contribution in [0.25, 0.3) is 0 Å². The lowest BCUT2D eigenvalue weighted by Gasteiger charge is -2.16. The van der Waals surface area contributed by atoms with Gasteiger partial charge in [0, 0.05) is 40.0 Å². The Morgan fingerprint density at radius 2 is 1.95 bits per heavy atom. The Kier molecular flexibility index (Phi) is 7.26. The van der Waals surface area contributed by atoms with Crippen LogP contribution in [0.4, 0.5) is 5.69 Å². The number of likely N-dealkylation sites (N-methyl/N-ethyl adjacent to an activating group) is 1. The Morgan fingerprint density at radius 3 is 2.48 bits per heavy atom. The molecule has 0 aromatic heterocycles. The van der Waals surface area contributed by atoms with Crippen molar-refractivity contribution in [2.45, 2.75) is 12.5 Å². The summed E-state index contributed by atoms with van der Waals surface area (Å²) >= 11 is 0. The number of rotatable bonds is 7. The zero-order valence-corrected chi connectivity index (χ0v) is 13.2. The highest BCUT2D eigenvalue weighted by molar-refractivity contribution is 5.87. The summed E-state index contributed by atoms with van der Waals surface area (Å²) in [7, 11) is 7.35. The summed E-state index contributed by atoms with van der Waals surface area (Å²) in [5.74, 6) is -0.109. The minimum absolute atomic E-state index is 0.0193. The van der Waals surface area contributed by atoms with E-state index < -0.39 is 0 Å². The monoisotopic (exact) mass is 288 g/mol. The van der Waals surface area contributed by atoms with Crippen LogP contribution in [0.1, 0.15) is 18.1 Å². The van der Waals surface area contributed by atoms with E-state index in [4.69, 9.17) is 4.74 Å². The first-order chi connectivity index (χ1) is 10.1. The molecule has 0 aliphatic heterocycles.